The van der Waals surface area contributed by atoms with Gasteiger partial charge in [0.25, 0.3) is 0 Å². The van der Waals surface area contributed by atoms with Gasteiger partial charge in [-0.3, -0.25) is 4.57 Å². The number of benzene rings is 2. The second-order valence-electron chi connectivity index (χ2n) is 4.32. The van der Waals surface area contributed by atoms with Crippen molar-refractivity contribution in [3.63, 3.8) is 0 Å². The smallest absolute Gasteiger partial charge is 0.148 e. The van der Waals surface area contributed by atoms with Crippen LogP contribution in [-0.4, -0.2) is 9.55 Å². The summed E-state index contributed by atoms with van der Waals surface area (Å²) in [6.45, 7) is 0. The van der Waals surface area contributed by atoms with E-state index in [9.17, 15) is 4.39 Å². The number of fused-ring (bicyclic) bond motifs is 1. The van der Waals surface area contributed by atoms with Crippen LogP contribution in [0.2, 0.25) is 15.1 Å². The second kappa shape index (κ2) is 5.65. The highest BCUT2D eigenvalue weighted by Crippen LogP contribution is 2.33. The van der Waals surface area contributed by atoms with Crippen LogP contribution in [0.3, 0.4) is 0 Å². The van der Waals surface area contributed by atoms with E-state index in [2.05, 4.69) is 4.98 Å². The predicted octanol–water partition coefficient (Wildman–Crippen LogP) is 5.86. The van der Waals surface area contributed by atoms with Crippen molar-refractivity contribution < 1.29 is 4.39 Å². The number of hydrogen-bond acceptors (Lipinski definition) is 1. The first-order chi connectivity index (χ1) is 10.0. The Morgan fingerprint density at radius 3 is 2.43 bits per heavy atom. The van der Waals surface area contributed by atoms with Gasteiger partial charge in [-0.05, 0) is 24.3 Å². The predicted molar refractivity (Wildman–Crippen MR) is 85.6 cm³/mol. The van der Waals surface area contributed by atoms with E-state index >= 15 is 0 Å². The number of alkyl halides is 1. The molecule has 0 aliphatic rings. The molecular formula is C14H7Cl4FN2. The van der Waals surface area contributed by atoms with E-state index < -0.39 is 5.82 Å². The lowest BCUT2D eigenvalue weighted by molar-refractivity contribution is 0.618. The zero-order valence-corrected chi connectivity index (χ0v) is 13.4. The molecule has 7 heteroatoms. The SMILES string of the molecule is Fc1cccc(Cl)c1-n1c(CCl)nc2cc(Cl)c(Cl)cc21. The Bertz CT molecular complexity index is 824. The zero-order chi connectivity index (χ0) is 15.1. The minimum atomic E-state index is -0.473. The summed E-state index contributed by atoms with van der Waals surface area (Å²) >= 11 is 24.1. The van der Waals surface area contributed by atoms with Crippen LogP contribution < -0.4 is 0 Å². The summed E-state index contributed by atoms with van der Waals surface area (Å²) in [5.74, 6) is 0.0745. The Balaban J connectivity index is 2.43. The molecule has 21 heavy (non-hydrogen) atoms. The quantitative estimate of drug-likeness (QED) is 0.521. The van der Waals surface area contributed by atoms with Gasteiger partial charge in [-0.25, -0.2) is 9.37 Å². The highest BCUT2D eigenvalue weighted by Gasteiger charge is 2.18. The molecule has 0 fully saturated rings. The van der Waals surface area contributed by atoms with Crippen LogP contribution in [0.15, 0.2) is 30.3 Å². The highest BCUT2D eigenvalue weighted by atomic mass is 35.5. The molecule has 1 heterocycles. The van der Waals surface area contributed by atoms with Gasteiger partial charge in [-0.1, -0.05) is 40.9 Å². The maximum atomic E-state index is 14.2. The van der Waals surface area contributed by atoms with Crippen LogP contribution >= 0.6 is 46.4 Å². The molecule has 2 nitrogen and oxygen atoms in total. The third-order valence-corrected chi connectivity index (χ3v) is 4.31. The topological polar surface area (TPSA) is 17.8 Å². The normalized spacial score (nSPS) is 11.3. The number of rotatable bonds is 2. The molecule has 0 saturated heterocycles. The zero-order valence-electron chi connectivity index (χ0n) is 10.4. The molecule has 0 radical (unpaired) electrons. The van der Waals surface area contributed by atoms with Crippen molar-refractivity contribution in [2.45, 2.75) is 5.88 Å². The summed E-state index contributed by atoms with van der Waals surface area (Å²) in [5.41, 5.74) is 1.35. The number of para-hydroxylation sites is 1. The van der Waals surface area contributed by atoms with Crippen molar-refractivity contribution in [3.05, 3.63) is 57.0 Å². The van der Waals surface area contributed by atoms with Crippen LogP contribution in [0.25, 0.3) is 16.7 Å². The maximum absolute atomic E-state index is 14.2. The van der Waals surface area contributed by atoms with Gasteiger partial charge in [-0.2, -0.15) is 0 Å². The van der Waals surface area contributed by atoms with E-state index in [0.29, 0.717) is 26.9 Å². The summed E-state index contributed by atoms with van der Waals surface area (Å²) < 4.78 is 15.8. The van der Waals surface area contributed by atoms with E-state index in [1.54, 1.807) is 22.8 Å². The lowest BCUT2D eigenvalue weighted by Gasteiger charge is -2.11. The van der Waals surface area contributed by atoms with E-state index in [-0.39, 0.29) is 16.6 Å². The van der Waals surface area contributed by atoms with Crippen molar-refractivity contribution in [1.29, 1.82) is 0 Å². The minimum absolute atomic E-state index is 0.0918. The summed E-state index contributed by atoms with van der Waals surface area (Å²) in [6, 6.07) is 7.68. The van der Waals surface area contributed by atoms with Crippen LogP contribution in [-0.2, 0) is 5.88 Å². The van der Waals surface area contributed by atoms with Gasteiger partial charge in [0.2, 0.25) is 0 Å². The van der Waals surface area contributed by atoms with Crippen LogP contribution in [0.5, 0.6) is 0 Å². The highest BCUT2D eigenvalue weighted by molar-refractivity contribution is 6.42. The largest absolute Gasteiger partial charge is 0.291 e. The van der Waals surface area contributed by atoms with Gasteiger partial charge >= 0.3 is 0 Å². The fourth-order valence-electron chi connectivity index (χ4n) is 2.16. The second-order valence-corrected chi connectivity index (χ2v) is 5.81. The molecule has 0 amide bonds. The molecule has 0 saturated carbocycles. The molecule has 0 aliphatic heterocycles. The Morgan fingerprint density at radius 2 is 1.76 bits per heavy atom. The molecule has 0 aliphatic carbocycles. The first-order valence-electron chi connectivity index (χ1n) is 5.89. The van der Waals surface area contributed by atoms with E-state index in [1.165, 1.54) is 12.1 Å². The molecule has 0 atom stereocenters. The molecule has 0 N–H and O–H groups in total. The van der Waals surface area contributed by atoms with Crippen LogP contribution in [0.4, 0.5) is 4.39 Å². The summed E-state index contributed by atoms with van der Waals surface area (Å²) in [4.78, 5) is 4.35. The molecule has 3 rings (SSSR count). The average molecular weight is 364 g/mol. The summed E-state index contributed by atoms with van der Waals surface area (Å²) in [7, 11) is 0. The Hall–Kier alpha value is -1.000. The van der Waals surface area contributed by atoms with Gasteiger partial charge in [0.15, 0.2) is 0 Å². The summed E-state index contributed by atoms with van der Waals surface area (Å²) in [5, 5.41) is 0.972. The molecule has 2 aromatic carbocycles. The molecular weight excluding hydrogens is 357 g/mol. The fourth-order valence-corrected chi connectivity index (χ4v) is 2.91. The molecule has 0 unspecified atom stereocenters. The molecule has 1 aromatic heterocycles. The van der Waals surface area contributed by atoms with Gasteiger partial charge in [-0.15, -0.1) is 11.6 Å². The first-order valence-corrected chi connectivity index (χ1v) is 7.56. The molecule has 108 valence electrons. The lowest BCUT2D eigenvalue weighted by atomic mass is 10.2. The third kappa shape index (κ3) is 2.49. The Morgan fingerprint density at radius 1 is 1.05 bits per heavy atom. The molecule has 0 bridgehead atoms. The maximum Gasteiger partial charge on any atom is 0.148 e. The summed E-state index contributed by atoms with van der Waals surface area (Å²) in [6.07, 6.45) is 0. The van der Waals surface area contributed by atoms with Gasteiger partial charge in [0, 0.05) is 0 Å². The van der Waals surface area contributed by atoms with Crippen molar-refractivity contribution in [1.82, 2.24) is 9.55 Å². The molecule has 3 aromatic rings. The standard InChI is InChI=1S/C14H7Cl4FN2/c15-6-13-20-11-4-8(17)9(18)5-12(11)21(13)14-7(16)2-1-3-10(14)19/h1-5H,6H2. The van der Waals surface area contributed by atoms with Crippen LogP contribution in [0.1, 0.15) is 5.82 Å². The van der Waals surface area contributed by atoms with E-state index in [1.807, 2.05) is 0 Å². The number of imidazole rings is 1. The van der Waals surface area contributed by atoms with E-state index in [4.69, 9.17) is 46.4 Å². The van der Waals surface area contributed by atoms with Crippen molar-refractivity contribution >= 4 is 57.4 Å². The monoisotopic (exact) mass is 362 g/mol. The van der Waals surface area contributed by atoms with E-state index in [0.717, 1.165) is 0 Å². The first kappa shape index (κ1) is 14.9. The lowest BCUT2D eigenvalue weighted by Crippen LogP contribution is -2.03. The number of nitrogens with zero attached hydrogens (tertiary/aromatic N) is 2. The van der Waals surface area contributed by atoms with Crippen LogP contribution in [0, 0.1) is 5.82 Å². The van der Waals surface area contributed by atoms with Crippen molar-refractivity contribution in [3.8, 4) is 5.69 Å². The number of aromatic nitrogens is 2. The number of hydrogen-bond donors (Lipinski definition) is 0. The van der Waals surface area contributed by atoms with Gasteiger partial charge in [0.05, 0.1) is 32.0 Å². The van der Waals surface area contributed by atoms with Crippen molar-refractivity contribution in [2.75, 3.05) is 0 Å². The fraction of sp³-hybridized carbons (Fsp3) is 0.0714. The van der Waals surface area contributed by atoms with Gasteiger partial charge < -0.3 is 0 Å². The Kier molecular flexibility index (Phi) is 4.02. The number of halogens is 5. The third-order valence-electron chi connectivity index (χ3n) is 3.05. The average Bonchev–Trinajstić information content (AvgIpc) is 2.77. The van der Waals surface area contributed by atoms with Crippen molar-refractivity contribution in [2.24, 2.45) is 0 Å². The van der Waals surface area contributed by atoms with Gasteiger partial charge in [0.1, 0.15) is 17.3 Å². The minimum Gasteiger partial charge on any atom is -0.291 e. The molecule has 0 spiro atoms. The Labute approximate surface area is 140 Å².